The molecule has 4 N–H and O–H groups in total. The molecule has 6 heteroatoms. The highest BCUT2D eigenvalue weighted by Gasteiger charge is 2.63. The second kappa shape index (κ2) is 11.6. The van der Waals surface area contributed by atoms with Gasteiger partial charge in [-0.3, -0.25) is 0 Å². The molecule has 4 aliphatic carbocycles. The summed E-state index contributed by atoms with van der Waals surface area (Å²) in [6.45, 7) is 18.9. The van der Waals surface area contributed by atoms with Gasteiger partial charge in [-0.05, 0) is 117 Å². The molecule has 3 unspecified atom stereocenters. The third-order valence-electron chi connectivity index (χ3n) is 13.8. The summed E-state index contributed by atoms with van der Waals surface area (Å²) in [5.74, 6) is 1.97. The molecule has 0 aromatic rings. The van der Waals surface area contributed by atoms with Crippen LogP contribution >= 0.6 is 0 Å². The number of ether oxygens (including phenoxy) is 2. The zero-order valence-corrected chi connectivity index (χ0v) is 27.7. The van der Waals surface area contributed by atoms with Crippen molar-refractivity contribution in [1.82, 2.24) is 0 Å². The van der Waals surface area contributed by atoms with Crippen LogP contribution < -0.4 is 0 Å². The lowest BCUT2D eigenvalue weighted by atomic mass is 9.43. The maximum atomic E-state index is 10.7. The lowest BCUT2D eigenvalue weighted by Gasteiger charge is -2.63. The van der Waals surface area contributed by atoms with E-state index in [0.717, 1.165) is 37.5 Å². The largest absolute Gasteiger partial charge is 0.394 e. The fourth-order valence-electron chi connectivity index (χ4n) is 11.0. The molecule has 0 bridgehead atoms. The average Bonchev–Trinajstić information content (AvgIpc) is 3.21. The van der Waals surface area contributed by atoms with Gasteiger partial charge in [-0.1, -0.05) is 64.3 Å². The van der Waals surface area contributed by atoms with Crippen LogP contribution in [-0.4, -0.2) is 63.8 Å². The van der Waals surface area contributed by atoms with Crippen LogP contribution in [0.2, 0.25) is 0 Å². The number of hydrogen-bond acceptors (Lipinski definition) is 6. The maximum Gasteiger partial charge on any atom is 0.186 e. The molecule has 12 atom stereocenters. The lowest BCUT2D eigenvalue weighted by molar-refractivity contribution is -0.325. The van der Waals surface area contributed by atoms with Gasteiger partial charge < -0.3 is 29.9 Å². The molecular formula is C36H60O6. The second-order valence-corrected chi connectivity index (χ2v) is 16.4. The molecule has 0 spiro atoms. The minimum Gasteiger partial charge on any atom is -0.394 e. The molecule has 42 heavy (non-hydrogen) atoms. The van der Waals surface area contributed by atoms with Crippen LogP contribution in [0.15, 0.2) is 22.8 Å². The van der Waals surface area contributed by atoms with Gasteiger partial charge in [0.2, 0.25) is 0 Å². The van der Waals surface area contributed by atoms with Crippen LogP contribution in [-0.2, 0) is 9.47 Å². The molecule has 5 aliphatic rings. The van der Waals surface area contributed by atoms with Crippen LogP contribution in [0.25, 0.3) is 0 Å². The number of aliphatic hydroxyl groups is 4. The molecule has 2 saturated carbocycles. The third kappa shape index (κ3) is 4.99. The Morgan fingerprint density at radius 2 is 1.64 bits per heavy atom. The van der Waals surface area contributed by atoms with E-state index in [4.69, 9.17) is 9.47 Å². The van der Waals surface area contributed by atoms with Crippen molar-refractivity contribution >= 4 is 0 Å². The van der Waals surface area contributed by atoms with Crippen molar-refractivity contribution in [3.8, 4) is 0 Å². The fourth-order valence-corrected chi connectivity index (χ4v) is 11.0. The van der Waals surface area contributed by atoms with Gasteiger partial charge in [-0.15, -0.1) is 0 Å². The summed E-state index contributed by atoms with van der Waals surface area (Å²) < 4.78 is 12.2. The molecule has 6 nitrogen and oxygen atoms in total. The summed E-state index contributed by atoms with van der Waals surface area (Å²) in [6.07, 6.45) is 7.93. The Labute approximate surface area is 255 Å². The van der Waals surface area contributed by atoms with Crippen molar-refractivity contribution < 1.29 is 29.9 Å². The van der Waals surface area contributed by atoms with Gasteiger partial charge in [0, 0.05) is 0 Å². The monoisotopic (exact) mass is 588 g/mol. The van der Waals surface area contributed by atoms with Gasteiger partial charge in [0.1, 0.15) is 24.4 Å². The SMILES string of the molecule is CC(C)=CCC[C@@H](C)[C@H]1CC[C@@]2(C)C3=C(CC[C@]12C)[C@@]1(C)CCC(OC2O[C@H](CO)[C@@H](O)[C@H](O)[C@H]2O)C(C)(C)C1CC3. The molecule has 0 aromatic carbocycles. The summed E-state index contributed by atoms with van der Waals surface area (Å²) in [4.78, 5) is 0. The molecular weight excluding hydrogens is 528 g/mol. The van der Waals surface area contributed by atoms with E-state index in [1.54, 1.807) is 11.1 Å². The number of rotatable bonds is 7. The van der Waals surface area contributed by atoms with Gasteiger partial charge >= 0.3 is 0 Å². The summed E-state index contributed by atoms with van der Waals surface area (Å²) in [5.41, 5.74) is 5.57. The molecule has 1 heterocycles. The highest BCUT2D eigenvalue weighted by molar-refractivity contribution is 5.38. The summed E-state index contributed by atoms with van der Waals surface area (Å²) in [5, 5.41) is 40.9. The summed E-state index contributed by atoms with van der Waals surface area (Å²) in [7, 11) is 0. The maximum absolute atomic E-state index is 10.7. The first-order valence-corrected chi connectivity index (χ1v) is 16.9. The number of allylic oxidation sites excluding steroid dienone is 4. The average molecular weight is 589 g/mol. The zero-order chi connectivity index (χ0) is 30.8. The van der Waals surface area contributed by atoms with Crippen LogP contribution in [0.5, 0.6) is 0 Å². The highest BCUT2D eigenvalue weighted by Crippen LogP contribution is 2.72. The van der Waals surface area contributed by atoms with E-state index in [0.29, 0.717) is 11.3 Å². The second-order valence-electron chi connectivity index (χ2n) is 16.4. The molecule has 0 amide bonds. The Morgan fingerprint density at radius 3 is 2.31 bits per heavy atom. The van der Waals surface area contributed by atoms with Gasteiger partial charge in [0.05, 0.1) is 12.7 Å². The van der Waals surface area contributed by atoms with Crippen LogP contribution in [0.3, 0.4) is 0 Å². The van der Waals surface area contributed by atoms with Crippen molar-refractivity contribution in [2.75, 3.05) is 6.61 Å². The molecule has 3 fully saturated rings. The first kappa shape index (κ1) is 32.6. The minimum absolute atomic E-state index is 0.129. The number of fused-ring (bicyclic) bond motifs is 4. The van der Waals surface area contributed by atoms with Crippen molar-refractivity contribution in [3.05, 3.63) is 22.8 Å². The zero-order valence-electron chi connectivity index (χ0n) is 27.7. The first-order chi connectivity index (χ1) is 19.6. The Hall–Kier alpha value is -0.760. The van der Waals surface area contributed by atoms with Crippen molar-refractivity contribution in [1.29, 1.82) is 0 Å². The Kier molecular flexibility index (Phi) is 8.97. The summed E-state index contributed by atoms with van der Waals surface area (Å²) >= 11 is 0. The van der Waals surface area contributed by atoms with Gasteiger partial charge in [0.25, 0.3) is 0 Å². The van der Waals surface area contributed by atoms with E-state index in [-0.39, 0.29) is 22.3 Å². The van der Waals surface area contributed by atoms with Gasteiger partial charge in [0.15, 0.2) is 6.29 Å². The molecule has 1 saturated heterocycles. The predicted molar refractivity (Wildman–Crippen MR) is 166 cm³/mol. The Bertz CT molecular complexity index is 1060. The fraction of sp³-hybridized carbons (Fsp3) is 0.889. The van der Waals surface area contributed by atoms with E-state index in [1.807, 2.05) is 0 Å². The smallest absolute Gasteiger partial charge is 0.186 e. The molecule has 0 radical (unpaired) electrons. The minimum atomic E-state index is -1.41. The Morgan fingerprint density at radius 1 is 0.929 bits per heavy atom. The van der Waals surface area contributed by atoms with E-state index in [9.17, 15) is 20.4 Å². The topological polar surface area (TPSA) is 99.4 Å². The van der Waals surface area contributed by atoms with Crippen molar-refractivity contribution in [3.63, 3.8) is 0 Å². The van der Waals surface area contributed by atoms with E-state index in [1.165, 1.54) is 44.1 Å². The number of hydrogen-bond donors (Lipinski definition) is 4. The van der Waals surface area contributed by atoms with Gasteiger partial charge in [-0.2, -0.15) is 0 Å². The predicted octanol–water partition coefficient (Wildman–Crippen LogP) is 6.30. The molecule has 5 rings (SSSR count). The van der Waals surface area contributed by atoms with Gasteiger partial charge in [-0.25, -0.2) is 0 Å². The summed E-state index contributed by atoms with van der Waals surface area (Å²) in [6, 6.07) is 0. The highest BCUT2D eigenvalue weighted by atomic mass is 16.7. The van der Waals surface area contributed by atoms with Crippen LogP contribution in [0.1, 0.15) is 120 Å². The Balaban J connectivity index is 1.36. The molecule has 1 aliphatic heterocycles. The normalized spacial score (nSPS) is 47.3. The quantitative estimate of drug-likeness (QED) is 0.261. The van der Waals surface area contributed by atoms with Crippen molar-refractivity contribution in [2.24, 2.45) is 39.4 Å². The molecule has 240 valence electrons. The first-order valence-electron chi connectivity index (χ1n) is 16.9. The van der Waals surface area contributed by atoms with E-state index >= 15 is 0 Å². The number of aliphatic hydroxyl groups excluding tert-OH is 4. The van der Waals surface area contributed by atoms with E-state index in [2.05, 4.69) is 61.5 Å². The van der Waals surface area contributed by atoms with Crippen LogP contribution in [0.4, 0.5) is 0 Å². The molecule has 0 aromatic heterocycles. The lowest BCUT2D eigenvalue weighted by Crippen LogP contribution is -2.61. The van der Waals surface area contributed by atoms with E-state index < -0.39 is 37.3 Å². The van der Waals surface area contributed by atoms with Crippen molar-refractivity contribution in [2.45, 2.75) is 156 Å². The standard InChI is InChI=1S/C36H60O6/c1-21(2)10-9-11-22(3)23-14-18-36(8)25-12-13-27-33(4,5)28(16-17-34(27,6)24(25)15-19-35(23,36)7)42-32-31(40)30(39)29(38)26(20-37)41-32/h10,22-23,26-32,37-40H,9,11-20H2,1-8H3/t22-,23-,26-,27?,28?,29-,30+,31-,32?,34-,35-,36+/m1/s1. The third-order valence-corrected chi connectivity index (χ3v) is 13.8. The van der Waals surface area contributed by atoms with Crippen LogP contribution in [0, 0.1) is 39.4 Å².